The maximum absolute atomic E-state index is 11.3. The lowest BCUT2D eigenvalue weighted by Crippen LogP contribution is -2.42. The van der Waals surface area contributed by atoms with Gasteiger partial charge in [0.05, 0.1) is 0 Å². The number of hydrogen-bond donors (Lipinski definition) is 2. The van der Waals surface area contributed by atoms with Crippen LogP contribution >= 0.6 is 11.3 Å². The molecule has 16 heavy (non-hydrogen) atoms. The molecule has 7 heteroatoms. The van der Waals surface area contributed by atoms with E-state index in [1.807, 2.05) is 0 Å². The molecule has 0 bridgehead atoms. The molecule has 2 N–H and O–H groups in total. The van der Waals surface area contributed by atoms with E-state index in [-0.39, 0.29) is 0 Å². The van der Waals surface area contributed by atoms with Gasteiger partial charge < -0.3 is 4.74 Å². The van der Waals surface area contributed by atoms with E-state index in [4.69, 9.17) is 0 Å². The Labute approximate surface area is 95.6 Å². The predicted octanol–water partition coefficient (Wildman–Crippen LogP) is 0.0722. The standard InChI is InChI=1S/C9H10N2O4S/c1-6(12)10-11-8(13)5-15-9(14)7-3-2-4-16-7/h2-4H,5H2,1H3,(H,10,12)(H,11,13). The van der Waals surface area contributed by atoms with E-state index in [9.17, 15) is 14.4 Å². The average molecular weight is 242 g/mol. The number of ether oxygens (including phenoxy) is 1. The fourth-order valence-corrected chi connectivity index (χ4v) is 1.41. The van der Waals surface area contributed by atoms with Gasteiger partial charge in [-0.3, -0.25) is 20.4 Å². The number of thiophene rings is 1. The molecule has 0 radical (unpaired) electrons. The maximum Gasteiger partial charge on any atom is 0.348 e. The molecule has 0 unspecified atom stereocenters. The minimum Gasteiger partial charge on any atom is -0.451 e. The first-order valence-corrected chi connectivity index (χ1v) is 5.23. The molecule has 6 nitrogen and oxygen atoms in total. The molecular weight excluding hydrogens is 232 g/mol. The van der Waals surface area contributed by atoms with E-state index in [2.05, 4.69) is 15.6 Å². The van der Waals surface area contributed by atoms with Gasteiger partial charge in [0.1, 0.15) is 4.88 Å². The van der Waals surface area contributed by atoms with Gasteiger partial charge in [0, 0.05) is 6.92 Å². The van der Waals surface area contributed by atoms with E-state index in [1.54, 1.807) is 17.5 Å². The van der Waals surface area contributed by atoms with Crippen LogP contribution in [-0.2, 0) is 14.3 Å². The molecule has 0 spiro atoms. The second kappa shape index (κ2) is 5.86. The molecule has 1 aromatic rings. The zero-order chi connectivity index (χ0) is 12.0. The third-order valence-corrected chi connectivity index (χ3v) is 2.28. The summed E-state index contributed by atoms with van der Waals surface area (Å²) in [6.07, 6.45) is 0. The van der Waals surface area contributed by atoms with Gasteiger partial charge in [0.25, 0.3) is 5.91 Å². The smallest absolute Gasteiger partial charge is 0.348 e. The summed E-state index contributed by atoms with van der Waals surface area (Å²) in [4.78, 5) is 33.2. The van der Waals surface area contributed by atoms with Crippen LogP contribution in [0.2, 0.25) is 0 Å². The van der Waals surface area contributed by atoms with Gasteiger partial charge in [-0.2, -0.15) is 0 Å². The van der Waals surface area contributed by atoms with E-state index < -0.39 is 24.4 Å². The highest BCUT2D eigenvalue weighted by atomic mass is 32.1. The summed E-state index contributed by atoms with van der Waals surface area (Å²) in [6.45, 7) is 0.814. The van der Waals surface area contributed by atoms with Gasteiger partial charge in [0.2, 0.25) is 5.91 Å². The van der Waals surface area contributed by atoms with Gasteiger partial charge in [0.15, 0.2) is 6.61 Å². The quantitative estimate of drug-likeness (QED) is 0.580. The van der Waals surface area contributed by atoms with Crippen LogP contribution in [0.1, 0.15) is 16.6 Å². The number of hydrazine groups is 1. The molecule has 0 aliphatic heterocycles. The first-order chi connectivity index (χ1) is 7.59. The van der Waals surface area contributed by atoms with Crippen molar-refractivity contribution >= 4 is 29.1 Å². The first kappa shape index (κ1) is 12.2. The van der Waals surface area contributed by atoms with Crippen LogP contribution in [0.3, 0.4) is 0 Å². The maximum atomic E-state index is 11.3. The number of carbonyl (C=O) groups is 3. The third kappa shape index (κ3) is 4.09. The fraction of sp³-hybridized carbons (Fsp3) is 0.222. The van der Waals surface area contributed by atoms with Crippen molar-refractivity contribution in [1.29, 1.82) is 0 Å². The van der Waals surface area contributed by atoms with Crippen molar-refractivity contribution in [3.05, 3.63) is 22.4 Å². The monoisotopic (exact) mass is 242 g/mol. The molecule has 0 fully saturated rings. The van der Waals surface area contributed by atoms with Gasteiger partial charge in [-0.25, -0.2) is 4.79 Å². The van der Waals surface area contributed by atoms with Crippen molar-refractivity contribution in [1.82, 2.24) is 10.9 Å². The molecule has 0 saturated carbocycles. The van der Waals surface area contributed by atoms with E-state index in [0.717, 1.165) is 0 Å². The lowest BCUT2D eigenvalue weighted by molar-refractivity contribution is -0.129. The third-order valence-electron chi connectivity index (χ3n) is 1.43. The summed E-state index contributed by atoms with van der Waals surface area (Å²) >= 11 is 1.22. The Balaban J connectivity index is 2.27. The average Bonchev–Trinajstić information content (AvgIpc) is 2.76. The zero-order valence-corrected chi connectivity index (χ0v) is 9.30. The van der Waals surface area contributed by atoms with Gasteiger partial charge in [-0.1, -0.05) is 6.07 Å². The van der Waals surface area contributed by atoms with E-state index in [1.165, 1.54) is 18.3 Å². The number of carbonyl (C=O) groups excluding carboxylic acids is 3. The van der Waals surface area contributed by atoms with Crippen LogP contribution in [-0.4, -0.2) is 24.4 Å². The Hall–Kier alpha value is -1.89. The van der Waals surface area contributed by atoms with Gasteiger partial charge in [-0.05, 0) is 11.4 Å². The Morgan fingerprint density at radius 2 is 2.12 bits per heavy atom. The van der Waals surface area contributed by atoms with Crippen LogP contribution in [0.25, 0.3) is 0 Å². The summed E-state index contributed by atoms with van der Waals surface area (Å²) in [5.74, 6) is -1.56. The van der Waals surface area contributed by atoms with Gasteiger partial charge in [-0.15, -0.1) is 11.3 Å². The SMILES string of the molecule is CC(=O)NNC(=O)COC(=O)c1cccs1. The number of nitrogens with one attached hydrogen (secondary N) is 2. The summed E-state index contributed by atoms with van der Waals surface area (Å²) in [5, 5.41) is 1.73. The topological polar surface area (TPSA) is 84.5 Å². The highest BCUT2D eigenvalue weighted by Gasteiger charge is 2.10. The molecule has 86 valence electrons. The second-order valence-electron chi connectivity index (χ2n) is 2.78. The summed E-state index contributed by atoms with van der Waals surface area (Å²) in [6, 6.07) is 3.30. The van der Waals surface area contributed by atoms with E-state index in [0.29, 0.717) is 4.88 Å². The fourth-order valence-electron chi connectivity index (χ4n) is 0.791. The molecule has 2 amide bonds. The second-order valence-corrected chi connectivity index (χ2v) is 3.73. The molecule has 0 saturated heterocycles. The van der Waals surface area contributed by atoms with Crippen LogP contribution < -0.4 is 10.9 Å². The first-order valence-electron chi connectivity index (χ1n) is 4.35. The lowest BCUT2D eigenvalue weighted by atomic mass is 10.5. The molecule has 1 aromatic heterocycles. The lowest BCUT2D eigenvalue weighted by Gasteiger charge is -2.05. The van der Waals surface area contributed by atoms with Crippen molar-refractivity contribution in [2.45, 2.75) is 6.92 Å². The normalized spacial score (nSPS) is 9.31. The number of rotatable bonds is 3. The molecule has 0 aromatic carbocycles. The van der Waals surface area contributed by atoms with Crippen LogP contribution in [0, 0.1) is 0 Å². The Morgan fingerprint density at radius 1 is 1.38 bits per heavy atom. The zero-order valence-electron chi connectivity index (χ0n) is 8.48. The van der Waals surface area contributed by atoms with Crippen molar-refractivity contribution in [2.24, 2.45) is 0 Å². The number of esters is 1. The number of hydrogen-bond acceptors (Lipinski definition) is 5. The van der Waals surface area contributed by atoms with Crippen LogP contribution in [0.4, 0.5) is 0 Å². The van der Waals surface area contributed by atoms with Gasteiger partial charge >= 0.3 is 5.97 Å². The number of amides is 2. The Kier molecular flexibility index (Phi) is 4.46. The highest BCUT2D eigenvalue weighted by Crippen LogP contribution is 2.09. The van der Waals surface area contributed by atoms with Crippen molar-refractivity contribution in [2.75, 3.05) is 6.61 Å². The molecule has 1 heterocycles. The molecular formula is C9H10N2O4S. The van der Waals surface area contributed by atoms with Crippen LogP contribution in [0.15, 0.2) is 17.5 Å². The Morgan fingerprint density at radius 3 is 2.69 bits per heavy atom. The van der Waals surface area contributed by atoms with E-state index >= 15 is 0 Å². The highest BCUT2D eigenvalue weighted by molar-refractivity contribution is 7.11. The van der Waals surface area contributed by atoms with Crippen LogP contribution in [0.5, 0.6) is 0 Å². The van der Waals surface area contributed by atoms with Crippen molar-refractivity contribution in [3.63, 3.8) is 0 Å². The molecule has 1 rings (SSSR count). The minimum atomic E-state index is -0.597. The molecule has 0 atom stereocenters. The molecule has 0 aliphatic carbocycles. The summed E-state index contributed by atoms with van der Waals surface area (Å²) in [5.41, 5.74) is 4.15. The summed E-state index contributed by atoms with van der Waals surface area (Å²) < 4.78 is 4.69. The van der Waals surface area contributed by atoms with Crippen molar-refractivity contribution in [3.8, 4) is 0 Å². The summed E-state index contributed by atoms with van der Waals surface area (Å²) in [7, 11) is 0. The minimum absolute atomic E-state index is 0.405. The molecule has 0 aliphatic rings. The predicted molar refractivity (Wildman–Crippen MR) is 56.6 cm³/mol. The Bertz CT molecular complexity index is 388. The van der Waals surface area contributed by atoms with Crippen molar-refractivity contribution < 1.29 is 19.1 Å². The largest absolute Gasteiger partial charge is 0.451 e.